The highest BCUT2D eigenvalue weighted by Crippen LogP contribution is 1.94. The molecule has 0 saturated heterocycles. The fourth-order valence-corrected chi connectivity index (χ4v) is 0.969. The Labute approximate surface area is 60.9 Å². The summed E-state index contributed by atoms with van der Waals surface area (Å²) in [5, 5.41) is 0. The van der Waals surface area contributed by atoms with Crippen molar-refractivity contribution in [1.29, 1.82) is 0 Å². The van der Waals surface area contributed by atoms with Crippen molar-refractivity contribution in [3.8, 4) is 0 Å². The van der Waals surface area contributed by atoms with Crippen molar-refractivity contribution in [2.75, 3.05) is 0 Å². The summed E-state index contributed by atoms with van der Waals surface area (Å²) in [5.41, 5.74) is 6.96. The van der Waals surface area contributed by atoms with Gasteiger partial charge >= 0.3 is 0 Å². The van der Waals surface area contributed by atoms with Gasteiger partial charge in [0.1, 0.15) is 11.9 Å². The predicted molar refractivity (Wildman–Crippen MR) is 39.2 cm³/mol. The van der Waals surface area contributed by atoms with Gasteiger partial charge in [-0.3, -0.25) is 5.73 Å². The van der Waals surface area contributed by atoms with Crippen LogP contribution in [-0.2, 0) is 0 Å². The molecular weight excluding hydrogens is 126 g/mol. The molecule has 56 valence electrons. The van der Waals surface area contributed by atoms with Crippen molar-refractivity contribution in [3.63, 3.8) is 0 Å². The second kappa shape index (κ2) is 2.84. The molecule has 1 rings (SSSR count). The second-order valence-electron chi connectivity index (χ2n) is 2.46. The molecule has 1 heterocycles. The molecule has 0 spiro atoms. The highest BCUT2D eigenvalue weighted by Gasteiger charge is 2.09. The number of hydrogen-bond acceptors (Lipinski definition) is 1. The summed E-state index contributed by atoms with van der Waals surface area (Å²) in [6.45, 7) is 4.11. The predicted octanol–water partition coefficient (Wildman–Crippen LogP) is 0.478. The Kier molecular flexibility index (Phi) is 2.06. The topological polar surface area (TPSA) is 45.7 Å². The lowest BCUT2D eigenvalue weighted by atomic mass is 10.3. The fourth-order valence-electron chi connectivity index (χ4n) is 0.969. The third-order valence-corrected chi connectivity index (χ3v) is 1.69. The van der Waals surface area contributed by atoms with Crippen molar-refractivity contribution in [3.05, 3.63) is 18.2 Å². The molecule has 0 radical (unpaired) electrons. The van der Waals surface area contributed by atoms with Gasteiger partial charge in [0.2, 0.25) is 6.33 Å². The third-order valence-electron chi connectivity index (χ3n) is 1.69. The minimum Gasteiger partial charge on any atom is -0.293 e. The number of nitrogens with zero attached hydrogens (tertiary/aromatic N) is 1. The minimum atomic E-state index is 0.117. The Hall–Kier alpha value is -0.830. The maximum absolute atomic E-state index is 5.78. The van der Waals surface area contributed by atoms with Crippen LogP contribution in [0.15, 0.2) is 12.5 Å². The molecule has 0 bridgehead atoms. The molecule has 0 aliphatic carbocycles. The normalized spacial score (nSPS) is 13.5. The lowest BCUT2D eigenvalue weighted by Gasteiger charge is -2.04. The van der Waals surface area contributed by atoms with Crippen molar-refractivity contribution < 1.29 is 4.57 Å². The highest BCUT2D eigenvalue weighted by atomic mass is 15.1. The van der Waals surface area contributed by atoms with Crippen molar-refractivity contribution >= 4 is 0 Å². The van der Waals surface area contributed by atoms with E-state index in [1.807, 2.05) is 24.0 Å². The summed E-state index contributed by atoms with van der Waals surface area (Å²) < 4.78 is 2.03. The van der Waals surface area contributed by atoms with Crippen LogP contribution in [0.4, 0.5) is 0 Å². The van der Waals surface area contributed by atoms with E-state index in [2.05, 4.69) is 11.9 Å². The van der Waals surface area contributed by atoms with Gasteiger partial charge in [0, 0.05) is 6.92 Å². The van der Waals surface area contributed by atoms with E-state index in [-0.39, 0.29) is 6.17 Å². The van der Waals surface area contributed by atoms with Gasteiger partial charge in [-0.15, -0.1) is 0 Å². The van der Waals surface area contributed by atoms with E-state index in [1.54, 1.807) is 0 Å². The number of rotatable bonds is 2. The molecule has 3 N–H and O–H groups in total. The molecule has 0 fully saturated rings. The summed E-state index contributed by atoms with van der Waals surface area (Å²) >= 11 is 0. The summed E-state index contributed by atoms with van der Waals surface area (Å²) in [7, 11) is 0. The van der Waals surface area contributed by atoms with Crippen LogP contribution < -0.4 is 10.3 Å². The van der Waals surface area contributed by atoms with Crippen LogP contribution in [0, 0.1) is 6.92 Å². The maximum atomic E-state index is 5.78. The van der Waals surface area contributed by atoms with Crippen molar-refractivity contribution in [2.24, 2.45) is 5.73 Å². The fraction of sp³-hybridized carbons (Fsp3) is 0.571. The first-order valence-corrected chi connectivity index (χ1v) is 3.55. The Morgan fingerprint density at radius 3 is 2.90 bits per heavy atom. The number of aromatic nitrogens is 2. The van der Waals surface area contributed by atoms with Crippen LogP contribution in [0.3, 0.4) is 0 Å². The first-order valence-electron chi connectivity index (χ1n) is 3.55. The highest BCUT2D eigenvalue weighted by molar-refractivity contribution is 4.79. The number of aryl methyl sites for hydroxylation is 1. The molecule has 1 aromatic heterocycles. The molecule has 0 amide bonds. The summed E-state index contributed by atoms with van der Waals surface area (Å²) in [6, 6.07) is 0. The zero-order valence-corrected chi connectivity index (χ0v) is 6.46. The number of aromatic amines is 1. The molecular formula is C7H14N3+. The maximum Gasteiger partial charge on any atom is 0.243 e. The van der Waals surface area contributed by atoms with Gasteiger partial charge in [0.15, 0.2) is 6.17 Å². The first-order chi connectivity index (χ1) is 4.75. The SMILES string of the molecule is CCC(N)[n+]1c[nH]cc1C. The van der Waals surface area contributed by atoms with E-state index in [0.717, 1.165) is 6.42 Å². The number of H-pyrrole nitrogens is 1. The van der Waals surface area contributed by atoms with Crippen LogP contribution in [0.25, 0.3) is 0 Å². The van der Waals surface area contributed by atoms with Gasteiger partial charge in [-0.1, -0.05) is 6.92 Å². The summed E-state index contributed by atoms with van der Waals surface area (Å²) in [5.74, 6) is 0. The summed E-state index contributed by atoms with van der Waals surface area (Å²) in [4.78, 5) is 3.00. The van der Waals surface area contributed by atoms with E-state index < -0.39 is 0 Å². The molecule has 1 unspecified atom stereocenters. The molecule has 0 aliphatic rings. The average molecular weight is 140 g/mol. The number of nitrogens with one attached hydrogen (secondary N) is 1. The van der Waals surface area contributed by atoms with Crippen LogP contribution >= 0.6 is 0 Å². The number of imidazole rings is 1. The van der Waals surface area contributed by atoms with Crippen LogP contribution in [0.1, 0.15) is 25.2 Å². The van der Waals surface area contributed by atoms with Crippen LogP contribution in [0.2, 0.25) is 0 Å². The van der Waals surface area contributed by atoms with E-state index in [4.69, 9.17) is 5.73 Å². The average Bonchev–Trinajstić information content (AvgIpc) is 2.34. The van der Waals surface area contributed by atoms with Gasteiger partial charge in [-0.2, -0.15) is 0 Å². The molecule has 1 atom stereocenters. The molecule has 10 heavy (non-hydrogen) atoms. The van der Waals surface area contributed by atoms with Gasteiger partial charge < -0.3 is 0 Å². The molecule has 0 aromatic carbocycles. The van der Waals surface area contributed by atoms with Gasteiger partial charge in [-0.25, -0.2) is 9.55 Å². The van der Waals surface area contributed by atoms with E-state index in [9.17, 15) is 0 Å². The number of hydrogen-bond donors (Lipinski definition) is 2. The molecule has 0 saturated carbocycles. The number of nitrogens with two attached hydrogens (primary N) is 1. The summed E-state index contributed by atoms with van der Waals surface area (Å²) in [6.07, 6.45) is 4.91. The molecule has 1 aromatic rings. The smallest absolute Gasteiger partial charge is 0.243 e. The van der Waals surface area contributed by atoms with Crippen molar-refractivity contribution in [1.82, 2.24) is 4.98 Å². The van der Waals surface area contributed by atoms with E-state index in [0.29, 0.717) is 0 Å². The second-order valence-corrected chi connectivity index (χ2v) is 2.46. The van der Waals surface area contributed by atoms with Crippen LogP contribution in [-0.4, -0.2) is 4.98 Å². The Bertz CT molecular complexity index is 204. The van der Waals surface area contributed by atoms with Crippen LogP contribution in [0.5, 0.6) is 0 Å². The van der Waals surface area contributed by atoms with E-state index in [1.165, 1.54) is 5.69 Å². The van der Waals surface area contributed by atoms with Gasteiger partial charge in [0.25, 0.3) is 0 Å². The Morgan fingerprint density at radius 1 is 1.80 bits per heavy atom. The lowest BCUT2D eigenvalue weighted by Crippen LogP contribution is -2.44. The van der Waals surface area contributed by atoms with Gasteiger partial charge in [-0.05, 0) is 6.42 Å². The Morgan fingerprint density at radius 2 is 2.50 bits per heavy atom. The standard InChI is InChI=1S/C7H13N3/c1-3-7(8)10-5-9-4-6(10)2/h4-5,7H,3,8H2,1-2H3/p+1. The first kappa shape index (κ1) is 7.28. The monoisotopic (exact) mass is 140 g/mol. The molecule has 0 aliphatic heterocycles. The molecule has 3 nitrogen and oxygen atoms in total. The van der Waals surface area contributed by atoms with Crippen molar-refractivity contribution in [2.45, 2.75) is 26.4 Å². The Balaban J connectivity index is 2.82. The third kappa shape index (κ3) is 1.19. The lowest BCUT2D eigenvalue weighted by molar-refractivity contribution is -0.726. The quantitative estimate of drug-likeness (QED) is 0.576. The zero-order chi connectivity index (χ0) is 7.56. The minimum absolute atomic E-state index is 0.117. The van der Waals surface area contributed by atoms with E-state index >= 15 is 0 Å². The van der Waals surface area contributed by atoms with Gasteiger partial charge in [0.05, 0.1) is 0 Å². The molecule has 3 heteroatoms. The largest absolute Gasteiger partial charge is 0.293 e. The zero-order valence-electron chi connectivity index (χ0n) is 6.46.